The molecular formula is C12H21F3N2. The minimum atomic E-state index is -4.10. The van der Waals surface area contributed by atoms with Crippen molar-refractivity contribution in [3.05, 3.63) is 0 Å². The second kappa shape index (κ2) is 4.76. The van der Waals surface area contributed by atoms with Gasteiger partial charge in [0, 0.05) is 12.6 Å². The molecule has 2 rings (SSSR count). The van der Waals surface area contributed by atoms with E-state index >= 15 is 0 Å². The molecule has 2 aliphatic carbocycles. The number of hydrogen-bond acceptors (Lipinski definition) is 2. The number of nitrogens with zero attached hydrogens (tertiary/aromatic N) is 1. The molecule has 2 nitrogen and oxygen atoms in total. The van der Waals surface area contributed by atoms with Crippen LogP contribution >= 0.6 is 0 Å². The summed E-state index contributed by atoms with van der Waals surface area (Å²) in [5.74, 6) is 1.41. The topological polar surface area (TPSA) is 29.3 Å². The van der Waals surface area contributed by atoms with Crippen molar-refractivity contribution in [3.8, 4) is 0 Å². The summed E-state index contributed by atoms with van der Waals surface area (Å²) in [5.41, 5.74) is 6.12. The third-order valence-corrected chi connectivity index (χ3v) is 4.48. The lowest BCUT2D eigenvalue weighted by Crippen LogP contribution is -2.45. The van der Waals surface area contributed by atoms with Crippen molar-refractivity contribution in [2.75, 3.05) is 19.6 Å². The molecule has 2 fully saturated rings. The fourth-order valence-electron chi connectivity index (χ4n) is 3.58. The Bertz CT molecular complexity index is 265. The van der Waals surface area contributed by atoms with Gasteiger partial charge in [0.15, 0.2) is 0 Å². The van der Waals surface area contributed by atoms with Crippen LogP contribution in [0.15, 0.2) is 0 Å². The molecule has 0 spiro atoms. The highest BCUT2D eigenvalue weighted by atomic mass is 19.4. The van der Waals surface area contributed by atoms with E-state index in [0.717, 1.165) is 12.8 Å². The molecule has 2 bridgehead atoms. The van der Waals surface area contributed by atoms with Crippen LogP contribution in [0.3, 0.4) is 0 Å². The van der Waals surface area contributed by atoms with E-state index in [9.17, 15) is 13.2 Å². The van der Waals surface area contributed by atoms with Gasteiger partial charge in [0.25, 0.3) is 0 Å². The minimum absolute atomic E-state index is 0.121. The second-order valence-electron chi connectivity index (χ2n) is 5.52. The van der Waals surface area contributed by atoms with Crippen LogP contribution in [-0.2, 0) is 0 Å². The summed E-state index contributed by atoms with van der Waals surface area (Å²) in [6.45, 7) is 1.94. The molecule has 0 radical (unpaired) electrons. The maximum atomic E-state index is 12.4. The van der Waals surface area contributed by atoms with Gasteiger partial charge in [0.05, 0.1) is 6.54 Å². The summed E-state index contributed by atoms with van der Waals surface area (Å²) < 4.78 is 37.1. The molecule has 0 heterocycles. The largest absolute Gasteiger partial charge is 0.401 e. The van der Waals surface area contributed by atoms with E-state index in [1.807, 2.05) is 0 Å². The average molecular weight is 250 g/mol. The molecule has 2 N–H and O–H groups in total. The SMILES string of the molecule is CCN(CC1C2CCC(C2)C1N)CC(F)(F)F. The summed E-state index contributed by atoms with van der Waals surface area (Å²) in [6.07, 6.45) is -0.631. The number of rotatable bonds is 4. The maximum absolute atomic E-state index is 12.4. The first kappa shape index (κ1) is 13.1. The van der Waals surface area contributed by atoms with E-state index in [0.29, 0.717) is 24.9 Å². The highest BCUT2D eigenvalue weighted by Gasteiger charge is 2.46. The first-order valence-corrected chi connectivity index (χ1v) is 6.45. The molecule has 0 amide bonds. The molecule has 17 heavy (non-hydrogen) atoms. The Morgan fingerprint density at radius 1 is 1.24 bits per heavy atom. The molecule has 0 aromatic rings. The van der Waals surface area contributed by atoms with Crippen LogP contribution in [-0.4, -0.2) is 36.8 Å². The second-order valence-corrected chi connectivity index (χ2v) is 5.52. The van der Waals surface area contributed by atoms with Gasteiger partial charge in [-0.3, -0.25) is 4.90 Å². The quantitative estimate of drug-likeness (QED) is 0.829. The van der Waals surface area contributed by atoms with Gasteiger partial charge >= 0.3 is 6.18 Å². The Hall–Kier alpha value is -0.290. The predicted molar refractivity (Wildman–Crippen MR) is 60.5 cm³/mol. The molecule has 4 unspecified atom stereocenters. The fourth-order valence-corrected chi connectivity index (χ4v) is 3.58. The molecular weight excluding hydrogens is 229 g/mol. The summed E-state index contributed by atoms with van der Waals surface area (Å²) in [4.78, 5) is 1.49. The lowest BCUT2D eigenvalue weighted by molar-refractivity contribution is -0.147. The molecule has 0 aromatic carbocycles. The summed E-state index contributed by atoms with van der Waals surface area (Å²) in [6, 6.07) is 0.121. The van der Waals surface area contributed by atoms with E-state index in [2.05, 4.69) is 0 Å². The van der Waals surface area contributed by atoms with Crippen molar-refractivity contribution in [2.24, 2.45) is 23.5 Å². The minimum Gasteiger partial charge on any atom is -0.327 e. The van der Waals surface area contributed by atoms with Gasteiger partial charge in [0.1, 0.15) is 0 Å². The van der Waals surface area contributed by atoms with Crippen LogP contribution in [0.1, 0.15) is 26.2 Å². The number of halogens is 3. The van der Waals surface area contributed by atoms with Crippen molar-refractivity contribution in [1.29, 1.82) is 0 Å². The molecule has 5 heteroatoms. The van der Waals surface area contributed by atoms with Crippen LogP contribution in [0.4, 0.5) is 13.2 Å². The summed E-state index contributed by atoms with van der Waals surface area (Å²) in [7, 11) is 0. The lowest BCUT2D eigenvalue weighted by atomic mass is 9.84. The van der Waals surface area contributed by atoms with Crippen LogP contribution in [0.5, 0.6) is 0 Å². The fraction of sp³-hybridized carbons (Fsp3) is 1.00. The van der Waals surface area contributed by atoms with Crippen molar-refractivity contribution < 1.29 is 13.2 Å². The average Bonchev–Trinajstić information content (AvgIpc) is 2.78. The van der Waals surface area contributed by atoms with Crippen molar-refractivity contribution in [1.82, 2.24) is 4.90 Å². The van der Waals surface area contributed by atoms with Gasteiger partial charge in [-0.2, -0.15) is 13.2 Å². The van der Waals surface area contributed by atoms with E-state index < -0.39 is 12.7 Å². The lowest BCUT2D eigenvalue weighted by Gasteiger charge is -2.33. The molecule has 4 atom stereocenters. The van der Waals surface area contributed by atoms with E-state index in [1.165, 1.54) is 11.3 Å². The Kier molecular flexibility index (Phi) is 3.69. The maximum Gasteiger partial charge on any atom is 0.401 e. The van der Waals surface area contributed by atoms with Crippen molar-refractivity contribution in [3.63, 3.8) is 0 Å². The predicted octanol–water partition coefficient (Wildman–Crippen LogP) is 2.24. The van der Waals surface area contributed by atoms with Gasteiger partial charge in [0.2, 0.25) is 0 Å². The highest BCUT2D eigenvalue weighted by molar-refractivity contribution is 4.99. The first-order valence-electron chi connectivity index (χ1n) is 6.45. The zero-order chi connectivity index (χ0) is 12.6. The van der Waals surface area contributed by atoms with E-state index in [1.54, 1.807) is 6.92 Å². The Morgan fingerprint density at radius 3 is 2.35 bits per heavy atom. The molecule has 0 saturated heterocycles. The van der Waals surface area contributed by atoms with Crippen LogP contribution in [0.25, 0.3) is 0 Å². The highest BCUT2D eigenvalue weighted by Crippen LogP contribution is 2.47. The summed E-state index contributed by atoms with van der Waals surface area (Å²) in [5, 5.41) is 0. The molecule has 0 aliphatic heterocycles. The van der Waals surface area contributed by atoms with E-state index in [-0.39, 0.29) is 12.0 Å². The zero-order valence-electron chi connectivity index (χ0n) is 10.2. The molecule has 0 aromatic heterocycles. The normalized spacial score (nSPS) is 37.1. The van der Waals surface area contributed by atoms with Gasteiger partial charge in [-0.15, -0.1) is 0 Å². The molecule has 100 valence electrons. The smallest absolute Gasteiger partial charge is 0.327 e. The van der Waals surface area contributed by atoms with Gasteiger partial charge in [-0.1, -0.05) is 6.92 Å². The Morgan fingerprint density at radius 2 is 1.88 bits per heavy atom. The Balaban J connectivity index is 1.91. The number of nitrogens with two attached hydrogens (primary N) is 1. The number of alkyl halides is 3. The third-order valence-electron chi connectivity index (χ3n) is 4.48. The van der Waals surface area contributed by atoms with Crippen LogP contribution < -0.4 is 5.73 Å². The Labute approximate surface area is 100 Å². The molecule has 2 aliphatic rings. The van der Waals surface area contributed by atoms with Crippen molar-refractivity contribution in [2.45, 2.75) is 38.4 Å². The van der Waals surface area contributed by atoms with Crippen LogP contribution in [0, 0.1) is 17.8 Å². The number of hydrogen-bond donors (Lipinski definition) is 1. The zero-order valence-corrected chi connectivity index (χ0v) is 10.2. The monoisotopic (exact) mass is 250 g/mol. The first-order chi connectivity index (χ1) is 7.90. The van der Waals surface area contributed by atoms with Gasteiger partial charge in [-0.05, 0) is 43.6 Å². The van der Waals surface area contributed by atoms with Gasteiger partial charge < -0.3 is 5.73 Å². The molecule has 2 saturated carbocycles. The van der Waals surface area contributed by atoms with Crippen molar-refractivity contribution >= 4 is 0 Å². The standard InChI is InChI=1S/C12H21F3N2/c1-2-17(7-12(13,14)15)6-10-8-3-4-9(5-8)11(10)16/h8-11H,2-7,16H2,1H3. The summed E-state index contributed by atoms with van der Waals surface area (Å²) >= 11 is 0. The van der Waals surface area contributed by atoms with Gasteiger partial charge in [-0.25, -0.2) is 0 Å². The number of fused-ring (bicyclic) bond motifs is 2. The third kappa shape index (κ3) is 2.94. The van der Waals surface area contributed by atoms with Crippen LogP contribution in [0.2, 0.25) is 0 Å². The van der Waals surface area contributed by atoms with E-state index in [4.69, 9.17) is 5.73 Å².